The average molecular weight is 440 g/mol. The van der Waals surface area contributed by atoms with E-state index in [0.29, 0.717) is 5.75 Å². The summed E-state index contributed by atoms with van der Waals surface area (Å²) in [5.74, 6) is -0.230. The van der Waals surface area contributed by atoms with E-state index in [1.165, 1.54) is 23.5 Å². The van der Waals surface area contributed by atoms with Crippen molar-refractivity contribution in [1.82, 2.24) is 10.6 Å². The van der Waals surface area contributed by atoms with Gasteiger partial charge in [0.05, 0.1) is 24.8 Å². The first-order chi connectivity index (χ1) is 15.0. The third-order valence-corrected chi connectivity index (χ3v) is 6.01. The van der Waals surface area contributed by atoms with Gasteiger partial charge in [0, 0.05) is 11.9 Å². The van der Waals surface area contributed by atoms with Gasteiger partial charge >= 0.3 is 0 Å². The van der Waals surface area contributed by atoms with Crippen LogP contribution in [-0.2, 0) is 9.59 Å². The first-order valence-corrected chi connectivity index (χ1v) is 10.7. The maximum absolute atomic E-state index is 13.4. The first-order valence-electron chi connectivity index (χ1n) is 9.85. The van der Waals surface area contributed by atoms with Crippen LogP contribution in [0.2, 0.25) is 0 Å². The van der Waals surface area contributed by atoms with E-state index in [2.05, 4.69) is 10.6 Å². The van der Waals surface area contributed by atoms with Crippen LogP contribution in [0.5, 0.6) is 5.75 Å². The molecule has 160 valence electrons. The molecule has 2 N–H and O–H groups in total. The quantitative estimate of drug-likeness (QED) is 0.619. The highest BCUT2D eigenvalue weighted by Gasteiger charge is 2.31. The van der Waals surface area contributed by atoms with E-state index in [1.807, 2.05) is 40.6 Å². The van der Waals surface area contributed by atoms with Gasteiger partial charge in [-0.2, -0.15) is 0 Å². The molecule has 2 heterocycles. The zero-order chi connectivity index (χ0) is 21.8. The van der Waals surface area contributed by atoms with Crippen molar-refractivity contribution in [2.45, 2.75) is 12.1 Å². The lowest BCUT2D eigenvalue weighted by atomic mass is 10.1. The predicted octanol–water partition coefficient (Wildman–Crippen LogP) is 3.11. The Kier molecular flexibility index (Phi) is 6.18. The Morgan fingerprint density at radius 1 is 1.16 bits per heavy atom. The number of carbonyl (C=O) groups excluding carboxylic acids is 2. The molecule has 0 saturated carbocycles. The molecule has 2 aromatic carbocycles. The smallest absolute Gasteiger partial charge is 0.262 e. The molecule has 0 radical (unpaired) electrons. The lowest BCUT2D eigenvalue weighted by Gasteiger charge is -2.35. The highest BCUT2D eigenvalue weighted by Crippen LogP contribution is 2.33. The summed E-state index contributed by atoms with van der Waals surface area (Å²) in [7, 11) is 1.55. The second-order valence-corrected chi connectivity index (χ2v) is 8.12. The zero-order valence-corrected chi connectivity index (χ0v) is 17.7. The molecule has 3 aromatic rings. The fraction of sp³-hybridized carbons (Fsp3) is 0.217. The number of rotatable bonds is 6. The summed E-state index contributed by atoms with van der Waals surface area (Å²) < 4.78 is 19.2. The topological polar surface area (TPSA) is 70.7 Å². The predicted molar refractivity (Wildman–Crippen MR) is 118 cm³/mol. The van der Waals surface area contributed by atoms with Gasteiger partial charge in [-0.25, -0.2) is 4.39 Å². The number of nitrogens with zero attached hydrogens (tertiary/aromatic N) is 1. The molecule has 0 aliphatic carbocycles. The summed E-state index contributed by atoms with van der Waals surface area (Å²) >= 11 is 1.52. The number of amides is 2. The maximum Gasteiger partial charge on any atom is 0.262 e. The molecular weight excluding hydrogens is 417 g/mol. The Morgan fingerprint density at radius 2 is 1.94 bits per heavy atom. The molecule has 1 aromatic heterocycles. The van der Waals surface area contributed by atoms with Crippen molar-refractivity contribution in [1.29, 1.82) is 0 Å². The van der Waals surface area contributed by atoms with E-state index >= 15 is 0 Å². The summed E-state index contributed by atoms with van der Waals surface area (Å²) in [6.45, 7) is 0.307. The molecule has 6 nitrogen and oxygen atoms in total. The van der Waals surface area contributed by atoms with E-state index in [0.717, 1.165) is 16.1 Å². The van der Waals surface area contributed by atoms with Crippen molar-refractivity contribution in [3.05, 3.63) is 82.3 Å². The van der Waals surface area contributed by atoms with Gasteiger partial charge < -0.3 is 20.3 Å². The molecule has 0 fully saturated rings. The van der Waals surface area contributed by atoms with Crippen LogP contribution < -0.4 is 20.3 Å². The third kappa shape index (κ3) is 4.69. The van der Waals surface area contributed by atoms with Crippen LogP contribution in [0.1, 0.15) is 16.5 Å². The zero-order valence-electron chi connectivity index (χ0n) is 16.9. The minimum atomic E-state index is -0.710. The highest BCUT2D eigenvalue weighted by molar-refractivity contribution is 7.10. The number of anilines is 1. The van der Waals surface area contributed by atoms with Gasteiger partial charge in [-0.15, -0.1) is 11.3 Å². The molecule has 31 heavy (non-hydrogen) atoms. The van der Waals surface area contributed by atoms with Crippen LogP contribution in [0, 0.1) is 5.82 Å². The molecule has 2 atom stereocenters. The van der Waals surface area contributed by atoms with Gasteiger partial charge in [0.25, 0.3) is 5.91 Å². The number of halogens is 1. The fourth-order valence-corrected chi connectivity index (χ4v) is 4.37. The summed E-state index contributed by atoms with van der Waals surface area (Å²) in [5.41, 5.74) is 1.55. The summed E-state index contributed by atoms with van der Waals surface area (Å²) in [4.78, 5) is 28.0. The monoisotopic (exact) mass is 439 g/mol. The molecule has 4 rings (SSSR count). The minimum absolute atomic E-state index is 0.0525. The average Bonchev–Trinajstić information content (AvgIpc) is 3.32. The van der Waals surface area contributed by atoms with E-state index in [9.17, 15) is 14.0 Å². The Balaban J connectivity index is 1.54. The lowest BCUT2D eigenvalue weighted by Crippen LogP contribution is -2.50. The number of hydrogen-bond donors (Lipinski definition) is 2. The Labute approximate surface area is 183 Å². The van der Waals surface area contributed by atoms with Gasteiger partial charge in [-0.3, -0.25) is 9.59 Å². The van der Waals surface area contributed by atoms with Gasteiger partial charge in [0.2, 0.25) is 5.91 Å². The second-order valence-electron chi connectivity index (χ2n) is 7.14. The van der Waals surface area contributed by atoms with E-state index in [-0.39, 0.29) is 36.8 Å². The van der Waals surface area contributed by atoms with Crippen molar-refractivity contribution in [2.24, 2.45) is 0 Å². The largest absolute Gasteiger partial charge is 0.477 e. The van der Waals surface area contributed by atoms with Gasteiger partial charge in [-0.05, 0) is 41.3 Å². The summed E-state index contributed by atoms with van der Waals surface area (Å²) in [6, 6.07) is 16.9. The number of fused-ring (bicyclic) bond motifs is 1. The van der Waals surface area contributed by atoms with E-state index in [1.54, 1.807) is 25.2 Å². The van der Waals surface area contributed by atoms with Gasteiger partial charge in [-0.1, -0.05) is 30.3 Å². The van der Waals surface area contributed by atoms with Crippen molar-refractivity contribution < 1.29 is 18.7 Å². The molecule has 0 saturated heterocycles. The Morgan fingerprint density at radius 3 is 2.65 bits per heavy atom. The van der Waals surface area contributed by atoms with Crippen LogP contribution in [0.15, 0.2) is 66.0 Å². The third-order valence-electron chi connectivity index (χ3n) is 5.07. The standard InChI is InChI=1S/C23H22FN3O3S/c1-25-23(29)19-13-27(17-5-2-3-6-18(17)30-19)14-21(28)26-22(20-7-4-12-31-20)15-8-10-16(24)11-9-15/h2-12,19,22H,13-14H2,1H3,(H,25,29)(H,26,28)/t19-,22+/m1/s1. The molecule has 1 aliphatic rings. The number of para-hydroxylation sites is 2. The molecular formula is C23H22FN3O3S. The molecule has 0 unspecified atom stereocenters. The number of likely N-dealkylation sites (N-methyl/N-ethyl adjacent to an activating group) is 1. The van der Waals surface area contributed by atoms with Crippen LogP contribution in [0.4, 0.5) is 10.1 Å². The number of carbonyl (C=O) groups is 2. The van der Waals surface area contributed by atoms with E-state index < -0.39 is 6.10 Å². The van der Waals surface area contributed by atoms with Gasteiger partial charge in [0.1, 0.15) is 11.6 Å². The van der Waals surface area contributed by atoms with Crippen molar-refractivity contribution in [2.75, 3.05) is 25.0 Å². The van der Waals surface area contributed by atoms with Crippen LogP contribution in [-0.4, -0.2) is 38.1 Å². The summed E-state index contributed by atoms with van der Waals surface area (Å²) in [6.07, 6.45) is -0.710. The molecule has 1 aliphatic heterocycles. The SMILES string of the molecule is CNC(=O)[C@H]1CN(CC(=O)N[C@@H](c2ccc(F)cc2)c2cccs2)c2ccccc2O1. The lowest BCUT2D eigenvalue weighted by molar-refractivity contribution is -0.127. The van der Waals surface area contributed by atoms with Crippen molar-refractivity contribution >= 4 is 28.8 Å². The van der Waals surface area contributed by atoms with Crippen LogP contribution in [0.25, 0.3) is 0 Å². The van der Waals surface area contributed by atoms with Crippen LogP contribution >= 0.6 is 11.3 Å². The fourth-order valence-electron chi connectivity index (χ4n) is 3.56. The van der Waals surface area contributed by atoms with Crippen molar-refractivity contribution in [3.8, 4) is 5.75 Å². The minimum Gasteiger partial charge on any atom is -0.477 e. The van der Waals surface area contributed by atoms with Gasteiger partial charge in [0.15, 0.2) is 6.10 Å². The highest BCUT2D eigenvalue weighted by atomic mass is 32.1. The molecule has 0 spiro atoms. The molecule has 2 amide bonds. The Bertz CT molecular complexity index is 1060. The maximum atomic E-state index is 13.4. The van der Waals surface area contributed by atoms with Crippen molar-refractivity contribution in [3.63, 3.8) is 0 Å². The second kappa shape index (κ2) is 9.18. The van der Waals surface area contributed by atoms with E-state index in [4.69, 9.17) is 4.74 Å². The number of hydrogen-bond acceptors (Lipinski definition) is 5. The molecule has 8 heteroatoms. The Hall–Kier alpha value is -3.39. The number of ether oxygens (including phenoxy) is 1. The number of benzene rings is 2. The summed E-state index contributed by atoms with van der Waals surface area (Å²) in [5, 5.41) is 7.59. The number of nitrogens with one attached hydrogen (secondary N) is 2. The molecule has 0 bridgehead atoms. The normalized spacial score (nSPS) is 16.1. The first kappa shape index (κ1) is 20.9. The van der Waals surface area contributed by atoms with Crippen LogP contribution in [0.3, 0.4) is 0 Å². The number of thiophene rings is 1.